The smallest absolute Gasteiger partial charge is 0.164 e. The molecule has 0 spiro atoms. The summed E-state index contributed by atoms with van der Waals surface area (Å²) in [5, 5.41) is 8.00. The standard InChI is InChI=1S/C3H7N3O/c1-3(2-4)7-6-5/h3,6H,5H2,1H3. The van der Waals surface area contributed by atoms with E-state index < -0.39 is 6.10 Å². The van der Waals surface area contributed by atoms with Crippen LogP contribution in [-0.2, 0) is 4.84 Å². The lowest BCUT2D eigenvalue weighted by molar-refractivity contribution is 0.0137. The molecule has 0 amide bonds. The first-order valence-corrected chi connectivity index (χ1v) is 1.82. The summed E-state index contributed by atoms with van der Waals surface area (Å²) in [6, 6.07) is 1.80. The maximum absolute atomic E-state index is 8.00. The zero-order chi connectivity index (χ0) is 5.70. The van der Waals surface area contributed by atoms with Crippen LogP contribution in [0.15, 0.2) is 0 Å². The van der Waals surface area contributed by atoms with Gasteiger partial charge in [0.15, 0.2) is 6.10 Å². The SMILES string of the molecule is CC(C#N)ONN. The summed E-state index contributed by atoms with van der Waals surface area (Å²) in [7, 11) is 0. The lowest BCUT2D eigenvalue weighted by Gasteiger charge is -1.97. The minimum atomic E-state index is -0.481. The van der Waals surface area contributed by atoms with Crippen molar-refractivity contribution in [2.75, 3.05) is 0 Å². The molecule has 3 N–H and O–H groups in total. The minimum absolute atomic E-state index is 0.481. The fraction of sp³-hybridized carbons (Fsp3) is 0.667. The molecule has 0 aliphatic rings. The van der Waals surface area contributed by atoms with Crippen LogP contribution in [0.3, 0.4) is 0 Å². The van der Waals surface area contributed by atoms with E-state index in [1.54, 1.807) is 13.0 Å². The van der Waals surface area contributed by atoms with Crippen molar-refractivity contribution in [1.29, 1.82) is 5.26 Å². The molecule has 0 saturated heterocycles. The Balaban J connectivity index is 3.04. The number of nitrogens with two attached hydrogens (primary N) is 1. The summed E-state index contributed by atoms with van der Waals surface area (Å²) < 4.78 is 0. The van der Waals surface area contributed by atoms with Gasteiger partial charge in [0.05, 0.1) is 6.07 Å². The first kappa shape index (κ1) is 6.37. The highest BCUT2D eigenvalue weighted by Crippen LogP contribution is 1.77. The minimum Gasteiger partial charge on any atom is -0.269 e. The van der Waals surface area contributed by atoms with Crippen LogP contribution in [0.1, 0.15) is 6.92 Å². The van der Waals surface area contributed by atoms with Crippen LogP contribution in [0, 0.1) is 11.3 Å². The first-order valence-electron chi connectivity index (χ1n) is 1.82. The molecule has 4 heteroatoms. The summed E-state index contributed by atoms with van der Waals surface area (Å²) in [5.74, 6) is 4.68. The van der Waals surface area contributed by atoms with Crippen LogP contribution in [0.2, 0.25) is 0 Å². The fourth-order valence-corrected chi connectivity index (χ4v) is 0.128. The van der Waals surface area contributed by atoms with E-state index in [0.29, 0.717) is 0 Å². The Labute approximate surface area is 41.8 Å². The third-order valence-electron chi connectivity index (χ3n) is 0.427. The molecule has 7 heavy (non-hydrogen) atoms. The molecule has 0 aromatic carbocycles. The third-order valence-corrected chi connectivity index (χ3v) is 0.427. The second-order valence-corrected chi connectivity index (χ2v) is 1.01. The van der Waals surface area contributed by atoms with Gasteiger partial charge in [-0.25, -0.2) is 5.84 Å². The van der Waals surface area contributed by atoms with E-state index in [4.69, 9.17) is 5.26 Å². The molecule has 0 rings (SSSR count). The number of nitrogens with zero attached hydrogens (tertiary/aromatic N) is 1. The van der Waals surface area contributed by atoms with Gasteiger partial charge in [-0.1, -0.05) is 0 Å². The molecule has 0 heterocycles. The van der Waals surface area contributed by atoms with Crippen LogP contribution < -0.4 is 11.4 Å². The van der Waals surface area contributed by atoms with Crippen molar-refractivity contribution in [3.63, 3.8) is 0 Å². The third kappa shape index (κ3) is 3.19. The zero-order valence-electron chi connectivity index (χ0n) is 4.01. The van der Waals surface area contributed by atoms with Gasteiger partial charge in [-0.15, -0.1) is 5.59 Å². The van der Waals surface area contributed by atoms with E-state index in [9.17, 15) is 0 Å². The molecule has 0 aliphatic carbocycles. The highest BCUT2D eigenvalue weighted by molar-refractivity contribution is 4.77. The molecule has 0 aromatic rings. The average molecular weight is 101 g/mol. The Bertz CT molecular complexity index is 76.7. The van der Waals surface area contributed by atoms with Crippen molar-refractivity contribution in [2.24, 2.45) is 5.84 Å². The van der Waals surface area contributed by atoms with Crippen molar-refractivity contribution in [1.82, 2.24) is 5.59 Å². The van der Waals surface area contributed by atoms with Gasteiger partial charge in [-0.3, -0.25) is 4.84 Å². The number of hydrogen-bond acceptors (Lipinski definition) is 4. The van der Waals surface area contributed by atoms with Gasteiger partial charge in [-0.05, 0) is 6.92 Å². The van der Waals surface area contributed by atoms with Gasteiger partial charge in [0, 0.05) is 0 Å². The predicted molar refractivity (Wildman–Crippen MR) is 23.5 cm³/mol. The zero-order valence-corrected chi connectivity index (χ0v) is 4.01. The van der Waals surface area contributed by atoms with Crippen LogP contribution in [-0.4, -0.2) is 6.10 Å². The van der Waals surface area contributed by atoms with Gasteiger partial charge in [0.25, 0.3) is 0 Å². The Morgan fingerprint density at radius 2 is 2.57 bits per heavy atom. The van der Waals surface area contributed by atoms with E-state index in [2.05, 4.69) is 10.7 Å². The van der Waals surface area contributed by atoms with Gasteiger partial charge < -0.3 is 0 Å². The average Bonchev–Trinajstić information content (AvgIpc) is 1.68. The van der Waals surface area contributed by atoms with Gasteiger partial charge >= 0.3 is 0 Å². The molecule has 0 saturated carbocycles. The Hall–Kier alpha value is -0.630. The van der Waals surface area contributed by atoms with Crippen molar-refractivity contribution in [3.8, 4) is 6.07 Å². The van der Waals surface area contributed by atoms with Crippen molar-refractivity contribution in [2.45, 2.75) is 13.0 Å². The predicted octanol–water partition coefficient (Wildman–Crippen LogP) is -0.707. The molecule has 0 fully saturated rings. The number of rotatable bonds is 2. The van der Waals surface area contributed by atoms with Crippen LogP contribution in [0.4, 0.5) is 0 Å². The van der Waals surface area contributed by atoms with Crippen molar-refractivity contribution in [3.05, 3.63) is 0 Å². The number of hydrazine groups is 1. The summed E-state index contributed by atoms with van der Waals surface area (Å²) in [5.41, 5.74) is 1.90. The van der Waals surface area contributed by atoms with E-state index in [0.717, 1.165) is 0 Å². The summed E-state index contributed by atoms with van der Waals surface area (Å²) in [6.45, 7) is 1.58. The Morgan fingerprint density at radius 1 is 2.00 bits per heavy atom. The van der Waals surface area contributed by atoms with Crippen LogP contribution in [0.25, 0.3) is 0 Å². The highest BCUT2D eigenvalue weighted by atomic mass is 16.7. The lowest BCUT2D eigenvalue weighted by atomic mass is 10.5. The molecule has 1 atom stereocenters. The topological polar surface area (TPSA) is 71.1 Å². The van der Waals surface area contributed by atoms with Gasteiger partial charge in [-0.2, -0.15) is 5.26 Å². The monoisotopic (exact) mass is 101 g/mol. The normalized spacial score (nSPS) is 12.7. The fourth-order valence-electron chi connectivity index (χ4n) is 0.128. The van der Waals surface area contributed by atoms with Crippen LogP contribution >= 0.6 is 0 Å². The van der Waals surface area contributed by atoms with E-state index in [1.807, 2.05) is 5.59 Å². The number of nitrogens with one attached hydrogen (secondary N) is 1. The van der Waals surface area contributed by atoms with Crippen molar-refractivity contribution < 1.29 is 4.84 Å². The number of nitriles is 1. The number of hydrogen-bond donors (Lipinski definition) is 2. The van der Waals surface area contributed by atoms with Gasteiger partial charge in [0.2, 0.25) is 0 Å². The largest absolute Gasteiger partial charge is 0.269 e. The Morgan fingerprint density at radius 3 is 2.71 bits per heavy atom. The Kier molecular flexibility index (Phi) is 3.24. The molecule has 0 aliphatic heterocycles. The molecule has 1 unspecified atom stereocenters. The summed E-state index contributed by atoms with van der Waals surface area (Å²) in [4.78, 5) is 4.36. The molecular formula is C3H7N3O. The molecule has 4 nitrogen and oxygen atoms in total. The molecular weight excluding hydrogens is 94.1 g/mol. The van der Waals surface area contributed by atoms with Crippen molar-refractivity contribution >= 4 is 0 Å². The lowest BCUT2D eigenvalue weighted by Crippen LogP contribution is -2.26. The molecule has 40 valence electrons. The first-order chi connectivity index (χ1) is 3.31. The van der Waals surface area contributed by atoms with E-state index in [-0.39, 0.29) is 0 Å². The second-order valence-electron chi connectivity index (χ2n) is 1.01. The maximum atomic E-state index is 8.00. The second kappa shape index (κ2) is 3.56. The molecule has 0 aromatic heterocycles. The van der Waals surface area contributed by atoms with Crippen LogP contribution in [0.5, 0.6) is 0 Å². The van der Waals surface area contributed by atoms with Gasteiger partial charge in [0.1, 0.15) is 0 Å². The summed E-state index contributed by atoms with van der Waals surface area (Å²) in [6.07, 6.45) is -0.481. The molecule has 0 radical (unpaired) electrons. The highest BCUT2D eigenvalue weighted by Gasteiger charge is 1.92. The van der Waals surface area contributed by atoms with E-state index >= 15 is 0 Å². The quantitative estimate of drug-likeness (QED) is 0.356. The molecule has 0 bridgehead atoms. The van der Waals surface area contributed by atoms with E-state index in [1.165, 1.54) is 0 Å². The maximum Gasteiger partial charge on any atom is 0.164 e. The summed E-state index contributed by atoms with van der Waals surface area (Å²) >= 11 is 0.